The molecule has 2 N–H and O–H groups in total. The Labute approximate surface area is 179 Å². The average Bonchev–Trinajstić information content (AvgIpc) is 2.71. The number of carboxylic acids is 1. The van der Waals surface area contributed by atoms with Gasteiger partial charge in [0.15, 0.2) is 0 Å². The number of rotatable bonds is 7. The van der Waals surface area contributed by atoms with E-state index in [4.69, 9.17) is 14.7 Å². The number of esters is 1. The van der Waals surface area contributed by atoms with Crippen LogP contribution in [-0.2, 0) is 24.0 Å². The molecule has 3 aliphatic rings. The largest absolute Gasteiger partial charge is 0.481 e. The number of ether oxygens (including phenoxy) is 2. The molecular formula is C23H38O7. The van der Waals surface area contributed by atoms with E-state index in [2.05, 4.69) is 18.7 Å². The molecule has 0 spiro atoms. The third-order valence-corrected chi connectivity index (χ3v) is 7.48. The maximum absolute atomic E-state index is 12.7. The van der Waals surface area contributed by atoms with Gasteiger partial charge in [0.1, 0.15) is 6.10 Å². The van der Waals surface area contributed by atoms with E-state index in [-0.39, 0.29) is 30.2 Å². The lowest BCUT2D eigenvalue weighted by Crippen LogP contribution is -2.40. The zero-order chi connectivity index (χ0) is 21.7. The molecule has 3 saturated carbocycles. The summed E-state index contributed by atoms with van der Waals surface area (Å²) in [6.45, 7) is 4.62. The van der Waals surface area contributed by atoms with Crippen LogP contribution < -0.4 is 0 Å². The van der Waals surface area contributed by atoms with Gasteiger partial charge in [0.2, 0.25) is 0 Å². The SMILES string of the molecule is CC1CCC(COO)C(OC2CCC(OC(=O)C3CC(C)CCC3C(=O)O)CC2)C1. The van der Waals surface area contributed by atoms with Gasteiger partial charge in [0, 0.05) is 5.92 Å². The van der Waals surface area contributed by atoms with E-state index in [1.165, 1.54) is 0 Å². The lowest BCUT2D eigenvalue weighted by molar-refractivity contribution is -0.262. The Kier molecular flexibility index (Phi) is 8.54. The summed E-state index contributed by atoms with van der Waals surface area (Å²) >= 11 is 0. The van der Waals surface area contributed by atoms with Crippen molar-refractivity contribution >= 4 is 11.9 Å². The minimum absolute atomic E-state index is 0.102. The molecule has 0 aliphatic heterocycles. The van der Waals surface area contributed by atoms with Crippen molar-refractivity contribution in [2.24, 2.45) is 29.6 Å². The highest BCUT2D eigenvalue weighted by atomic mass is 17.1. The quantitative estimate of drug-likeness (QED) is 0.356. The van der Waals surface area contributed by atoms with Crippen molar-refractivity contribution in [3.05, 3.63) is 0 Å². The van der Waals surface area contributed by atoms with Gasteiger partial charge in [-0.05, 0) is 69.6 Å². The van der Waals surface area contributed by atoms with Crippen molar-refractivity contribution in [1.29, 1.82) is 0 Å². The summed E-state index contributed by atoms with van der Waals surface area (Å²) in [4.78, 5) is 28.7. The fourth-order valence-corrected chi connectivity index (χ4v) is 5.57. The summed E-state index contributed by atoms with van der Waals surface area (Å²) < 4.78 is 12.2. The van der Waals surface area contributed by atoms with Gasteiger partial charge in [-0.2, -0.15) is 0 Å². The molecule has 6 unspecified atom stereocenters. The van der Waals surface area contributed by atoms with E-state index in [9.17, 15) is 14.7 Å². The fourth-order valence-electron chi connectivity index (χ4n) is 5.57. The van der Waals surface area contributed by atoms with Crippen molar-refractivity contribution in [1.82, 2.24) is 0 Å². The highest BCUT2D eigenvalue weighted by Gasteiger charge is 2.40. The topological polar surface area (TPSA) is 102 Å². The first kappa shape index (κ1) is 23.5. The van der Waals surface area contributed by atoms with E-state index in [0.29, 0.717) is 31.3 Å². The monoisotopic (exact) mass is 426 g/mol. The molecule has 6 atom stereocenters. The predicted molar refractivity (Wildman–Crippen MR) is 110 cm³/mol. The van der Waals surface area contributed by atoms with Crippen molar-refractivity contribution in [2.75, 3.05) is 6.61 Å². The molecule has 7 heteroatoms. The third-order valence-electron chi connectivity index (χ3n) is 7.48. The third kappa shape index (κ3) is 6.17. The van der Waals surface area contributed by atoms with Crippen LogP contribution >= 0.6 is 0 Å². The van der Waals surface area contributed by atoms with Crippen LogP contribution in [0.25, 0.3) is 0 Å². The minimum Gasteiger partial charge on any atom is -0.481 e. The van der Waals surface area contributed by atoms with E-state index < -0.39 is 17.8 Å². The Hall–Kier alpha value is -1.18. The first-order valence-electron chi connectivity index (χ1n) is 11.7. The summed E-state index contributed by atoms with van der Waals surface area (Å²) in [5.74, 6) is -1.17. The highest BCUT2D eigenvalue weighted by Crippen LogP contribution is 2.37. The van der Waals surface area contributed by atoms with Crippen LogP contribution in [0.15, 0.2) is 0 Å². The molecule has 0 aromatic heterocycles. The zero-order valence-corrected chi connectivity index (χ0v) is 18.3. The molecule has 0 aromatic rings. The molecule has 0 saturated heterocycles. The maximum Gasteiger partial charge on any atom is 0.310 e. The molecular weight excluding hydrogens is 388 g/mol. The Morgan fingerprint density at radius 3 is 2.13 bits per heavy atom. The number of aliphatic carboxylic acids is 1. The normalized spacial score (nSPS) is 40.0. The predicted octanol–water partition coefficient (Wildman–Crippen LogP) is 4.29. The second-order valence-corrected chi connectivity index (χ2v) is 9.95. The van der Waals surface area contributed by atoms with Gasteiger partial charge in [0.25, 0.3) is 0 Å². The second-order valence-electron chi connectivity index (χ2n) is 9.95. The average molecular weight is 427 g/mol. The lowest BCUT2D eigenvalue weighted by Gasteiger charge is -2.38. The fraction of sp³-hybridized carbons (Fsp3) is 0.913. The number of hydrogen-bond acceptors (Lipinski definition) is 6. The van der Waals surface area contributed by atoms with Gasteiger partial charge in [0.05, 0.1) is 30.7 Å². The van der Waals surface area contributed by atoms with E-state index in [0.717, 1.165) is 51.4 Å². The number of carbonyl (C=O) groups excluding carboxylic acids is 1. The maximum atomic E-state index is 12.7. The second kappa shape index (κ2) is 10.9. The first-order chi connectivity index (χ1) is 14.4. The Balaban J connectivity index is 1.46. The van der Waals surface area contributed by atoms with Crippen LogP contribution in [0.1, 0.15) is 78.1 Å². The van der Waals surface area contributed by atoms with Gasteiger partial charge < -0.3 is 14.6 Å². The summed E-state index contributed by atoms with van der Waals surface area (Å²) in [6, 6.07) is 0. The molecule has 0 aromatic carbocycles. The van der Waals surface area contributed by atoms with Crippen molar-refractivity contribution < 1.29 is 34.3 Å². The molecule has 0 bridgehead atoms. The summed E-state index contributed by atoms with van der Waals surface area (Å²) in [6.07, 6.45) is 8.38. The number of carboxylic acid groups (broad SMARTS) is 1. The van der Waals surface area contributed by atoms with Crippen molar-refractivity contribution in [2.45, 2.75) is 96.4 Å². The van der Waals surface area contributed by atoms with Crippen LogP contribution in [-0.4, -0.2) is 47.2 Å². The lowest BCUT2D eigenvalue weighted by atomic mass is 9.74. The van der Waals surface area contributed by atoms with Crippen molar-refractivity contribution in [3.8, 4) is 0 Å². The van der Waals surface area contributed by atoms with E-state index >= 15 is 0 Å². The number of hydrogen-bond donors (Lipinski definition) is 2. The van der Waals surface area contributed by atoms with Crippen LogP contribution in [0.5, 0.6) is 0 Å². The first-order valence-corrected chi connectivity index (χ1v) is 11.7. The van der Waals surface area contributed by atoms with Gasteiger partial charge in [-0.1, -0.05) is 20.3 Å². The summed E-state index contributed by atoms with van der Waals surface area (Å²) in [5, 5.41) is 18.3. The van der Waals surface area contributed by atoms with Gasteiger partial charge >= 0.3 is 11.9 Å². The smallest absolute Gasteiger partial charge is 0.310 e. The van der Waals surface area contributed by atoms with Gasteiger partial charge in [-0.15, -0.1) is 0 Å². The van der Waals surface area contributed by atoms with Gasteiger partial charge in [-0.3, -0.25) is 14.8 Å². The molecule has 0 amide bonds. The molecule has 3 aliphatic carbocycles. The Morgan fingerprint density at radius 2 is 1.47 bits per heavy atom. The molecule has 172 valence electrons. The Bertz CT molecular complexity index is 572. The van der Waals surface area contributed by atoms with Gasteiger partial charge in [-0.25, -0.2) is 4.89 Å². The van der Waals surface area contributed by atoms with E-state index in [1.54, 1.807) is 0 Å². The van der Waals surface area contributed by atoms with E-state index in [1.807, 2.05) is 0 Å². The summed E-state index contributed by atoms with van der Waals surface area (Å²) in [7, 11) is 0. The van der Waals surface area contributed by atoms with Crippen LogP contribution in [0.3, 0.4) is 0 Å². The van der Waals surface area contributed by atoms with Crippen LogP contribution in [0, 0.1) is 29.6 Å². The molecule has 3 rings (SSSR count). The molecule has 30 heavy (non-hydrogen) atoms. The molecule has 0 heterocycles. The van der Waals surface area contributed by atoms with Crippen LogP contribution in [0.2, 0.25) is 0 Å². The molecule has 0 radical (unpaired) electrons. The summed E-state index contributed by atoms with van der Waals surface area (Å²) in [5.41, 5.74) is 0. The number of carbonyl (C=O) groups is 2. The Morgan fingerprint density at radius 1 is 0.833 bits per heavy atom. The zero-order valence-electron chi connectivity index (χ0n) is 18.3. The standard InChI is InChI=1S/C23H38O7/c1-14-4-10-19(22(24)25)20(11-14)23(26)30-18-8-6-17(7-9-18)29-21-12-15(2)3-5-16(21)13-28-27/h14-21,27H,3-13H2,1-2H3,(H,24,25). The highest BCUT2D eigenvalue weighted by molar-refractivity contribution is 5.81. The molecule has 3 fully saturated rings. The van der Waals surface area contributed by atoms with Crippen molar-refractivity contribution in [3.63, 3.8) is 0 Å². The molecule has 7 nitrogen and oxygen atoms in total. The van der Waals surface area contributed by atoms with Crippen LogP contribution in [0.4, 0.5) is 0 Å². The minimum atomic E-state index is -0.885.